The smallest absolute Gasteiger partial charge is 0.192 e. The van der Waals surface area contributed by atoms with Gasteiger partial charge in [-0.3, -0.25) is 4.79 Å². The molecular formula is C21H26N4OS. The van der Waals surface area contributed by atoms with E-state index in [1.165, 1.54) is 43.9 Å². The number of carbonyl (C=O) groups excluding carboxylic acids is 1. The van der Waals surface area contributed by atoms with Crippen molar-refractivity contribution in [3.63, 3.8) is 0 Å². The van der Waals surface area contributed by atoms with Crippen LogP contribution < -0.4 is 0 Å². The average Bonchev–Trinajstić information content (AvgIpc) is 3.20. The van der Waals surface area contributed by atoms with Gasteiger partial charge in [-0.15, -0.1) is 10.2 Å². The van der Waals surface area contributed by atoms with Crippen LogP contribution in [0.4, 0.5) is 0 Å². The lowest BCUT2D eigenvalue weighted by Gasteiger charge is -2.25. The van der Waals surface area contributed by atoms with Crippen LogP contribution in [0, 0.1) is 13.8 Å². The highest BCUT2D eigenvalue weighted by atomic mass is 32.2. The SMILES string of the molecule is Cc1[nH]c2ccccc2c1C(=O)[C@@H](C)Sc1nnc(C)n1C1CCCCC1. The predicted octanol–water partition coefficient (Wildman–Crippen LogP) is 5.24. The van der Waals surface area contributed by atoms with E-state index in [2.05, 4.69) is 19.7 Å². The molecule has 6 heteroatoms. The van der Waals surface area contributed by atoms with Gasteiger partial charge >= 0.3 is 0 Å². The van der Waals surface area contributed by atoms with E-state index in [0.29, 0.717) is 6.04 Å². The number of nitrogens with one attached hydrogen (secondary N) is 1. The zero-order valence-electron chi connectivity index (χ0n) is 16.2. The predicted molar refractivity (Wildman–Crippen MR) is 110 cm³/mol. The molecule has 0 spiro atoms. The summed E-state index contributed by atoms with van der Waals surface area (Å²) in [7, 11) is 0. The fourth-order valence-corrected chi connectivity index (χ4v) is 5.22. The van der Waals surface area contributed by atoms with Gasteiger partial charge in [0.1, 0.15) is 5.82 Å². The molecule has 1 aliphatic carbocycles. The summed E-state index contributed by atoms with van der Waals surface area (Å²) < 4.78 is 2.26. The van der Waals surface area contributed by atoms with E-state index < -0.39 is 0 Å². The average molecular weight is 383 g/mol. The highest BCUT2D eigenvalue weighted by Gasteiger charge is 2.27. The zero-order valence-corrected chi connectivity index (χ0v) is 17.0. The maximum absolute atomic E-state index is 13.2. The number of nitrogens with zero attached hydrogens (tertiary/aromatic N) is 3. The van der Waals surface area contributed by atoms with E-state index in [1.54, 1.807) is 0 Å². The Kier molecular flexibility index (Phi) is 5.08. The van der Waals surface area contributed by atoms with E-state index >= 15 is 0 Å². The van der Waals surface area contributed by atoms with Crippen molar-refractivity contribution in [3.8, 4) is 0 Å². The Labute approximate surface area is 163 Å². The van der Waals surface area contributed by atoms with Gasteiger partial charge in [0.2, 0.25) is 0 Å². The lowest BCUT2D eigenvalue weighted by Crippen LogP contribution is -2.18. The van der Waals surface area contributed by atoms with Crippen molar-refractivity contribution in [1.29, 1.82) is 0 Å². The second-order valence-electron chi connectivity index (χ2n) is 7.49. The van der Waals surface area contributed by atoms with E-state index in [0.717, 1.165) is 33.1 Å². The minimum atomic E-state index is -0.214. The number of aromatic amines is 1. The first kappa shape index (κ1) is 18.3. The number of hydrogen-bond acceptors (Lipinski definition) is 4. The van der Waals surface area contributed by atoms with E-state index in [9.17, 15) is 4.79 Å². The third-order valence-electron chi connectivity index (χ3n) is 5.57. The second kappa shape index (κ2) is 7.50. The number of H-pyrrole nitrogens is 1. The Hall–Kier alpha value is -2.08. The van der Waals surface area contributed by atoms with Crippen molar-refractivity contribution in [2.24, 2.45) is 0 Å². The molecule has 2 aromatic heterocycles. The molecule has 4 rings (SSSR count). The molecule has 0 unspecified atom stereocenters. The number of fused-ring (bicyclic) bond motifs is 1. The summed E-state index contributed by atoms with van der Waals surface area (Å²) in [5.74, 6) is 1.10. The van der Waals surface area contributed by atoms with Gasteiger partial charge in [-0.05, 0) is 39.7 Å². The number of aromatic nitrogens is 4. The summed E-state index contributed by atoms with van der Waals surface area (Å²) in [6.45, 7) is 5.96. The number of para-hydroxylation sites is 1. The van der Waals surface area contributed by atoms with Crippen molar-refractivity contribution >= 4 is 28.4 Å². The van der Waals surface area contributed by atoms with Crippen LogP contribution in [0.1, 0.15) is 66.9 Å². The van der Waals surface area contributed by atoms with Crippen LogP contribution in [-0.4, -0.2) is 30.8 Å². The summed E-state index contributed by atoms with van der Waals surface area (Å²) in [6.07, 6.45) is 6.19. The van der Waals surface area contributed by atoms with Gasteiger partial charge in [0.25, 0.3) is 0 Å². The highest BCUT2D eigenvalue weighted by Crippen LogP contribution is 2.35. The Morgan fingerprint density at radius 2 is 1.93 bits per heavy atom. The second-order valence-corrected chi connectivity index (χ2v) is 8.79. The highest BCUT2D eigenvalue weighted by molar-refractivity contribution is 8.00. The summed E-state index contributed by atoms with van der Waals surface area (Å²) >= 11 is 1.53. The number of thioether (sulfide) groups is 1. The molecule has 0 amide bonds. The minimum absolute atomic E-state index is 0.144. The molecule has 27 heavy (non-hydrogen) atoms. The van der Waals surface area contributed by atoms with Crippen molar-refractivity contribution < 1.29 is 4.79 Å². The summed E-state index contributed by atoms with van der Waals surface area (Å²) in [4.78, 5) is 16.6. The maximum atomic E-state index is 13.2. The molecule has 1 atom stereocenters. The number of hydrogen-bond donors (Lipinski definition) is 1. The third kappa shape index (κ3) is 3.43. The van der Waals surface area contributed by atoms with Crippen LogP contribution in [0.25, 0.3) is 10.9 Å². The molecule has 2 heterocycles. The van der Waals surface area contributed by atoms with Gasteiger partial charge in [0.15, 0.2) is 10.9 Å². The fraction of sp³-hybridized carbons (Fsp3) is 0.476. The van der Waals surface area contributed by atoms with Gasteiger partial charge in [-0.25, -0.2) is 0 Å². The van der Waals surface area contributed by atoms with Gasteiger partial charge in [0, 0.05) is 28.2 Å². The number of benzene rings is 1. The first-order valence-electron chi connectivity index (χ1n) is 9.76. The van der Waals surface area contributed by atoms with Crippen LogP contribution in [-0.2, 0) is 0 Å². The molecule has 5 nitrogen and oxygen atoms in total. The van der Waals surface area contributed by atoms with Crippen molar-refractivity contribution in [1.82, 2.24) is 19.7 Å². The van der Waals surface area contributed by atoms with Crippen LogP contribution in [0.3, 0.4) is 0 Å². The summed E-state index contributed by atoms with van der Waals surface area (Å²) in [5.41, 5.74) is 2.74. The van der Waals surface area contributed by atoms with Crippen LogP contribution in [0.5, 0.6) is 0 Å². The van der Waals surface area contributed by atoms with E-state index in [-0.39, 0.29) is 11.0 Å². The van der Waals surface area contributed by atoms with Crippen molar-refractivity contribution in [2.45, 2.75) is 69.3 Å². The quantitative estimate of drug-likeness (QED) is 0.484. The molecule has 1 N–H and O–H groups in total. The molecule has 1 fully saturated rings. The fourth-order valence-electron chi connectivity index (χ4n) is 4.20. The lowest BCUT2D eigenvalue weighted by molar-refractivity contribution is 0.0995. The molecule has 0 saturated heterocycles. The number of carbonyl (C=O) groups is 1. The maximum Gasteiger partial charge on any atom is 0.192 e. The molecule has 1 aliphatic rings. The van der Waals surface area contributed by atoms with Crippen LogP contribution in [0.2, 0.25) is 0 Å². The number of aryl methyl sites for hydroxylation is 2. The van der Waals surface area contributed by atoms with Gasteiger partial charge in [-0.1, -0.05) is 49.2 Å². The first-order chi connectivity index (χ1) is 13.1. The van der Waals surface area contributed by atoms with Crippen molar-refractivity contribution in [3.05, 3.63) is 41.3 Å². The number of Topliss-reactive ketones (excluding diaryl/α,β-unsaturated/α-hetero) is 1. The molecule has 142 valence electrons. The molecule has 1 aromatic carbocycles. The molecule has 1 saturated carbocycles. The normalized spacial score (nSPS) is 16.7. The molecule has 3 aromatic rings. The summed E-state index contributed by atoms with van der Waals surface area (Å²) in [5, 5.41) is 10.4. The van der Waals surface area contributed by atoms with Gasteiger partial charge in [-0.2, -0.15) is 0 Å². The topological polar surface area (TPSA) is 63.6 Å². The monoisotopic (exact) mass is 382 g/mol. The third-order valence-corrected chi connectivity index (χ3v) is 6.62. The number of ketones is 1. The van der Waals surface area contributed by atoms with Gasteiger partial charge < -0.3 is 9.55 Å². The van der Waals surface area contributed by atoms with Crippen LogP contribution >= 0.6 is 11.8 Å². The standard InChI is InChI=1S/C21H26N4OS/c1-13-19(17-11-7-8-12-18(17)22-13)20(26)14(2)27-21-24-23-15(3)25(21)16-9-5-4-6-10-16/h7-8,11-12,14,16,22H,4-6,9-10H2,1-3H3/t14-/m1/s1. The first-order valence-corrected chi connectivity index (χ1v) is 10.6. The Balaban J connectivity index is 1.60. The molecular weight excluding hydrogens is 356 g/mol. The van der Waals surface area contributed by atoms with Crippen molar-refractivity contribution in [2.75, 3.05) is 0 Å². The minimum Gasteiger partial charge on any atom is -0.358 e. The molecule has 0 bridgehead atoms. The lowest BCUT2D eigenvalue weighted by atomic mass is 9.95. The molecule has 0 aliphatic heterocycles. The van der Waals surface area contributed by atoms with Crippen LogP contribution in [0.15, 0.2) is 29.4 Å². The Morgan fingerprint density at radius 3 is 2.70 bits per heavy atom. The number of rotatable bonds is 5. The van der Waals surface area contributed by atoms with E-state index in [4.69, 9.17) is 0 Å². The van der Waals surface area contributed by atoms with Gasteiger partial charge in [0.05, 0.1) is 5.25 Å². The van der Waals surface area contributed by atoms with E-state index in [1.807, 2.05) is 45.0 Å². The zero-order chi connectivity index (χ0) is 19.0. The summed E-state index contributed by atoms with van der Waals surface area (Å²) in [6, 6.07) is 8.46. The molecule has 0 radical (unpaired) electrons. The largest absolute Gasteiger partial charge is 0.358 e. The Bertz CT molecular complexity index is 968. The Morgan fingerprint density at radius 1 is 1.19 bits per heavy atom.